The fourth-order valence-electron chi connectivity index (χ4n) is 1.44. The summed E-state index contributed by atoms with van der Waals surface area (Å²) < 4.78 is 2.49. The van der Waals surface area contributed by atoms with Crippen LogP contribution in [0.15, 0.2) is 17.1 Å². The molecule has 1 unspecified atom stereocenters. The molecule has 1 atom stereocenters. The zero-order chi connectivity index (χ0) is 12.4. The van der Waals surface area contributed by atoms with Crippen molar-refractivity contribution in [3.8, 4) is 0 Å². The molecule has 0 saturated carbocycles. The van der Waals surface area contributed by atoms with Crippen molar-refractivity contribution in [2.45, 2.75) is 13.0 Å². The summed E-state index contributed by atoms with van der Waals surface area (Å²) in [5.74, 6) is 1.84. The van der Waals surface area contributed by atoms with E-state index in [1.807, 2.05) is 18.5 Å². The SMILES string of the molecule is CC(Nc1ncnc(N)c1Br)c1nncn1C. The Balaban J connectivity index is 2.22. The topological polar surface area (TPSA) is 94.5 Å². The third-order valence-corrected chi connectivity index (χ3v) is 3.09. The predicted molar refractivity (Wildman–Crippen MR) is 67.2 cm³/mol. The summed E-state index contributed by atoms with van der Waals surface area (Å²) >= 11 is 3.34. The first-order valence-electron chi connectivity index (χ1n) is 4.96. The van der Waals surface area contributed by atoms with Gasteiger partial charge in [0.15, 0.2) is 5.82 Å². The highest BCUT2D eigenvalue weighted by molar-refractivity contribution is 9.10. The van der Waals surface area contributed by atoms with Crippen LogP contribution < -0.4 is 11.1 Å². The van der Waals surface area contributed by atoms with E-state index in [-0.39, 0.29) is 6.04 Å². The average Bonchev–Trinajstić information content (AvgIpc) is 2.71. The van der Waals surface area contributed by atoms with Crippen LogP contribution in [0.25, 0.3) is 0 Å². The molecule has 2 heterocycles. The van der Waals surface area contributed by atoms with Gasteiger partial charge in [0.05, 0.1) is 6.04 Å². The second-order valence-electron chi connectivity index (χ2n) is 3.59. The first kappa shape index (κ1) is 11.8. The van der Waals surface area contributed by atoms with E-state index in [1.165, 1.54) is 6.33 Å². The van der Waals surface area contributed by atoms with Crippen molar-refractivity contribution in [3.63, 3.8) is 0 Å². The molecule has 0 radical (unpaired) electrons. The number of nitrogens with zero attached hydrogens (tertiary/aromatic N) is 5. The summed E-state index contributed by atoms with van der Waals surface area (Å²) in [6, 6.07) is -0.0342. The van der Waals surface area contributed by atoms with Crippen LogP contribution in [0.5, 0.6) is 0 Å². The molecule has 2 aromatic heterocycles. The Hall–Kier alpha value is -1.70. The Morgan fingerprint density at radius 1 is 1.47 bits per heavy atom. The fourth-order valence-corrected chi connectivity index (χ4v) is 1.76. The molecule has 0 saturated heterocycles. The van der Waals surface area contributed by atoms with Gasteiger partial charge in [-0.15, -0.1) is 10.2 Å². The number of nitrogens with one attached hydrogen (secondary N) is 1. The lowest BCUT2D eigenvalue weighted by Gasteiger charge is -2.14. The molecule has 0 fully saturated rings. The average molecular weight is 298 g/mol. The van der Waals surface area contributed by atoms with Gasteiger partial charge in [0.25, 0.3) is 0 Å². The van der Waals surface area contributed by atoms with Crippen LogP contribution in [0.2, 0.25) is 0 Å². The molecule has 8 heteroatoms. The lowest BCUT2D eigenvalue weighted by molar-refractivity contribution is 0.715. The van der Waals surface area contributed by atoms with E-state index >= 15 is 0 Å². The molecule has 0 spiro atoms. The van der Waals surface area contributed by atoms with E-state index in [0.29, 0.717) is 16.1 Å². The molecule has 0 aliphatic carbocycles. The Bertz CT molecular complexity index is 524. The molecule has 2 aromatic rings. The number of hydrogen-bond acceptors (Lipinski definition) is 6. The normalized spacial score (nSPS) is 12.4. The van der Waals surface area contributed by atoms with Crippen molar-refractivity contribution in [2.75, 3.05) is 11.1 Å². The minimum atomic E-state index is -0.0342. The monoisotopic (exact) mass is 297 g/mol. The van der Waals surface area contributed by atoms with Gasteiger partial charge in [0, 0.05) is 7.05 Å². The lowest BCUT2D eigenvalue weighted by atomic mass is 10.3. The molecular formula is C9H12BrN7. The van der Waals surface area contributed by atoms with Crippen LogP contribution in [-0.4, -0.2) is 24.7 Å². The standard InChI is InChI=1S/C9H12BrN7/c1-5(9-16-14-4-17(9)2)15-8-6(10)7(11)12-3-13-8/h3-5H,1-2H3,(H3,11,12,13,15). The van der Waals surface area contributed by atoms with Crippen LogP contribution in [0.3, 0.4) is 0 Å². The molecule has 0 aromatic carbocycles. The van der Waals surface area contributed by atoms with Gasteiger partial charge in [0.2, 0.25) is 0 Å². The summed E-state index contributed by atoms with van der Waals surface area (Å²) in [6.07, 6.45) is 3.06. The largest absolute Gasteiger partial charge is 0.383 e. The molecule has 0 aliphatic rings. The molecule has 7 nitrogen and oxygen atoms in total. The molecule has 0 amide bonds. The van der Waals surface area contributed by atoms with Crippen LogP contribution in [0.1, 0.15) is 18.8 Å². The maximum absolute atomic E-state index is 5.67. The maximum Gasteiger partial charge on any atom is 0.154 e. The van der Waals surface area contributed by atoms with E-state index in [1.54, 1.807) is 6.33 Å². The second kappa shape index (κ2) is 4.66. The molecule has 2 rings (SSSR count). The zero-order valence-electron chi connectivity index (χ0n) is 9.42. The lowest BCUT2D eigenvalue weighted by Crippen LogP contribution is -2.13. The molecular weight excluding hydrogens is 286 g/mol. The van der Waals surface area contributed by atoms with E-state index < -0.39 is 0 Å². The van der Waals surface area contributed by atoms with Gasteiger partial charge in [-0.3, -0.25) is 0 Å². The van der Waals surface area contributed by atoms with Crippen molar-refractivity contribution in [1.82, 2.24) is 24.7 Å². The minimum Gasteiger partial charge on any atom is -0.383 e. The van der Waals surface area contributed by atoms with Crippen molar-refractivity contribution in [3.05, 3.63) is 23.0 Å². The number of nitrogen functional groups attached to an aromatic ring is 1. The van der Waals surface area contributed by atoms with Crippen LogP contribution >= 0.6 is 15.9 Å². The van der Waals surface area contributed by atoms with Crippen LogP contribution in [0.4, 0.5) is 11.6 Å². The molecule has 0 aliphatic heterocycles. The summed E-state index contributed by atoms with van der Waals surface area (Å²) in [5, 5.41) is 11.0. The smallest absolute Gasteiger partial charge is 0.154 e. The van der Waals surface area contributed by atoms with E-state index in [9.17, 15) is 0 Å². The Morgan fingerprint density at radius 2 is 2.24 bits per heavy atom. The van der Waals surface area contributed by atoms with Gasteiger partial charge in [-0.1, -0.05) is 0 Å². The highest BCUT2D eigenvalue weighted by Gasteiger charge is 2.14. The van der Waals surface area contributed by atoms with E-state index in [4.69, 9.17) is 5.73 Å². The first-order valence-corrected chi connectivity index (χ1v) is 5.75. The number of anilines is 2. The van der Waals surface area contributed by atoms with Crippen molar-refractivity contribution < 1.29 is 0 Å². The van der Waals surface area contributed by atoms with Gasteiger partial charge in [-0.2, -0.15) is 0 Å². The number of halogens is 1. The fraction of sp³-hybridized carbons (Fsp3) is 0.333. The summed E-state index contributed by atoms with van der Waals surface area (Å²) in [6.45, 7) is 1.97. The molecule has 3 N–H and O–H groups in total. The third kappa shape index (κ3) is 2.36. The Morgan fingerprint density at radius 3 is 2.88 bits per heavy atom. The van der Waals surface area contributed by atoms with Crippen LogP contribution in [-0.2, 0) is 7.05 Å². The van der Waals surface area contributed by atoms with E-state index in [0.717, 1.165) is 5.82 Å². The van der Waals surface area contributed by atoms with Crippen LogP contribution in [0, 0.1) is 0 Å². The predicted octanol–water partition coefficient (Wildman–Crippen LogP) is 1.12. The van der Waals surface area contributed by atoms with Gasteiger partial charge in [-0.05, 0) is 22.9 Å². The highest BCUT2D eigenvalue weighted by atomic mass is 79.9. The number of nitrogens with two attached hydrogens (primary N) is 1. The number of aryl methyl sites for hydroxylation is 1. The third-order valence-electron chi connectivity index (χ3n) is 2.30. The van der Waals surface area contributed by atoms with Crippen molar-refractivity contribution >= 4 is 27.6 Å². The van der Waals surface area contributed by atoms with Gasteiger partial charge in [0.1, 0.15) is 28.8 Å². The first-order chi connectivity index (χ1) is 8.09. The Labute approximate surface area is 107 Å². The highest BCUT2D eigenvalue weighted by Crippen LogP contribution is 2.26. The van der Waals surface area contributed by atoms with Crippen molar-refractivity contribution in [2.24, 2.45) is 7.05 Å². The van der Waals surface area contributed by atoms with Crippen molar-refractivity contribution in [1.29, 1.82) is 0 Å². The maximum atomic E-state index is 5.67. The second-order valence-corrected chi connectivity index (χ2v) is 4.38. The summed E-state index contributed by atoms with van der Waals surface area (Å²) in [7, 11) is 1.89. The quantitative estimate of drug-likeness (QED) is 0.882. The molecule has 0 bridgehead atoms. The minimum absolute atomic E-state index is 0.0342. The van der Waals surface area contributed by atoms with E-state index in [2.05, 4.69) is 41.4 Å². The van der Waals surface area contributed by atoms with Gasteiger partial charge in [-0.25, -0.2) is 9.97 Å². The molecule has 17 heavy (non-hydrogen) atoms. The zero-order valence-corrected chi connectivity index (χ0v) is 11.0. The van der Waals surface area contributed by atoms with Gasteiger partial charge < -0.3 is 15.6 Å². The van der Waals surface area contributed by atoms with Gasteiger partial charge >= 0.3 is 0 Å². The molecule has 90 valence electrons. The number of rotatable bonds is 3. The summed E-state index contributed by atoms with van der Waals surface area (Å²) in [5.41, 5.74) is 5.67. The summed E-state index contributed by atoms with van der Waals surface area (Å²) in [4.78, 5) is 7.99. The Kier molecular flexibility index (Phi) is 3.23. The number of aromatic nitrogens is 5. The number of hydrogen-bond donors (Lipinski definition) is 2.